The molecule has 0 spiro atoms. The zero-order valence-corrected chi connectivity index (χ0v) is 11.8. The van der Waals surface area contributed by atoms with Gasteiger partial charge in [-0.3, -0.25) is 0 Å². The van der Waals surface area contributed by atoms with Crippen LogP contribution in [0.25, 0.3) is 11.3 Å². The Labute approximate surface area is 118 Å². The Morgan fingerprint density at radius 2 is 1.95 bits per heavy atom. The van der Waals surface area contributed by atoms with Crippen molar-refractivity contribution in [1.82, 2.24) is 9.55 Å². The number of nitrogen functional groups attached to an aromatic ring is 1. The predicted octanol–water partition coefficient (Wildman–Crippen LogP) is 2.87. The van der Waals surface area contributed by atoms with Gasteiger partial charge in [-0.1, -0.05) is 0 Å². The molecular formula is C15H19N3O2. The van der Waals surface area contributed by atoms with E-state index < -0.39 is 0 Å². The fourth-order valence-corrected chi connectivity index (χ4v) is 2.32. The van der Waals surface area contributed by atoms with Crippen LogP contribution in [0.15, 0.2) is 24.5 Å². The molecule has 3 rings (SSSR count). The summed E-state index contributed by atoms with van der Waals surface area (Å²) in [4.78, 5) is 4.42. The van der Waals surface area contributed by atoms with Crippen molar-refractivity contribution < 1.29 is 9.47 Å². The van der Waals surface area contributed by atoms with Gasteiger partial charge in [0.05, 0.1) is 19.5 Å². The van der Waals surface area contributed by atoms with Gasteiger partial charge in [0.25, 0.3) is 0 Å². The minimum absolute atomic E-state index is 0.289. The van der Waals surface area contributed by atoms with Gasteiger partial charge < -0.3 is 19.8 Å². The summed E-state index contributed by atoms with van der Waals surface area (Å²) in [5.41, 5.74) is 7.91. The number of aromatic nitrogens is 2. The van der Waals surface area contributed by atoms with E-state index in [1.165, 1.54) is 0 Å². The fourth-order valence-electron chi connectivity index (χ4n) is 2.32. The van der Waals surface area contributed by atoms with Gasteiger partial charge in [0.2, 0.25) is 0 Å². The molecule has 106 valence electrons. The maximum Gasteiger partial charge on any atom is 0.161 e. The van der Waals surface area contributed by atoms with Crippen LogP contribution in [-0.4, -0.2) is 22.8 Å². The second-order valence-electron chi connectivity index (χ2n) is 5.19. The largest absolute Gasteiger partial charge is 0.490 e. The van der Waals surface area contributed by atoms with Gasteiger partial charge in [-0.05, 0) is 32.0 Å². The van der Waals surface area contributed by atoms with Gasteiger partial charge in [0.1, 0.15) is 11.5 Å². The Hall–Kier alpha value is -2.17. The van der Waals surface area contributed by atoms with E-state index in [9.17, 15) is 0 Å². The molecule has 0 saturated heterocycles. The molecule has 20 heavy (non-hydrogen) atoms. The number of nitrogens with two attached hydrogens (primary N) is 1. The van der Waals surface area contributed by atoms with Crippen molar-refractivity contribution in [1.29, 1.82) is 0 Å². The monoisotopic (exact) mass is 273 g/mol. The first kappa shape index (κ1) is 12.8. The Morgan fingerprint density at radius 3 is 2.65 bits per heavy atom. The molecule has 2 N–H and O–H groups in total. The van der Waals surface area contributed by atoms with E-state index in [2.05, 4.69) is 18.8 Å². The summed E-state index contributed by atoms with van der Waals surface area (Å²) in [6.45, 7) is 5.52. The average Bonchev–Trinajstić information content (AvgIpc) is 2.68. The van der Waals surface area contributed by atoms with Gasteiger partial charge in [0, 0.05) is 18.0 Å². The quantitative estimate of drug-likeness (QED) is 0.914. The fraction of sp³-hybridized carbons (Fsp3) is 0.400. The number of hydrogen-bond acceptors (Lipinski definition) is 4. The maximum absolute atomic E-state index is 6.17. The van der Waals surface area contributed by atoms with Crippen molar-refractivity contribution in [2.24, 2.45) is 0 Å². The molecule has 0 radical (unpaired) electrons. The molecule has 0 unspecified atom stereocenters. The number of benzene rings is 1. The van der Waals surface area contributed by atoms with Gasteiger partial charge in [-0.25, -0.2) is 4.98 Å². The second kappa shape index (κ2) is 5.07. The third kappa shape index (κ3) is 2.19. The summed E-state index contributed by atoms with van der Waals surface area (Å²) in [6.07, 6.45) is 2.67. The number of ether oxygens (including phenoxy) is 2. The summed E-state index contributed by atoms with van der Waals surface area (Å²) in [7, 11) is 0. The number of fused-ring (bicyclic) bond motifs is 1. The summed E-state index contributed by atoms with van der Waals surface area (Å²) in [5.74, 6) is 2.22. The molecule has 1 aliphatic rings. The number of rotatable bonds is 2. The highest BCUT2D eigenvalue weighted by atomic mass is 16.5. The molecule has 1 aromatic carbocycles. The molecule has 2 aromatic rings. The van der Waals surface area contributed by atoms with Crippen LogP contribution in [0.2, 0.25) is 0 Å². The maximum atomic E-state index is 6.17. The van der Waals surface area contributed by atoms with Crippen LogP contribution in [0.3, 0.4) is 0 Å². The van der Waals surface area contributed by atoms with E-state index in [-0.39, 0.29) is 6.04 Å². The SMILES string of the molecule is CC(C)n1cnc(-c2ccc3c(c2)OCCCO3)c1N. The van der Waals surface area contributed by atoms with Gasteiger partial charge in [-0.2, -0.15) is 0 Å². The molecular weight excluding hydrogens is 254 g/mol. The topological polar surface area (TPSA) is 62.3 Å². The van der Waals surface area contributed by atoms with Crippen LogP contribution in [0.5, 0.6) is 11.5 Å². The summed E-state index contributed by atoms with van der Waals surface area (Å²) >= 11 is 0. The van der Waals surface area contributed by atoms with Crippen molar-refractivity contribution in [3.8, 4) is 22.8 Å². The molecule has 5 nitrogen and oxygen atoms in total. The first-order valence-electron chi connectivity index (χ1n) is 6.89. The molecule has 0 saturated carbocycles. The summed E-state index contributed by atoms with van der Waals surface area (Å²) in [5, 5.41) is 0. The van der Waals surface area contributed by atoms with Gasteiger partial charge in [-0.15, -0.1) is 0 Å². The lowest BCUT2D eigenvalue weighted by Crippen LogP contribution is -2.04. The van der Waals surface area contributed by atoms with Crippen molar-refractivity contribution >= 4 is 5.82 Å². The highest BCUT2D eigenvalue weighted by molar-refractivity contribution is 5.72. The lowest BCUT2D eigenvalue weighted by atomic mass is 10.1. The first-order chi connectivity index (χ1) is 9.66. The summed E-state index contributed by atoms with van der Waals surface area (Å²) < 4.78 is 13.3. The highest BCUT2D eigenvalue weighted by Crippen LogP contribution is 2.35. The van der Waals surface area contributed by atoms with E-state index in [0.717, 1.165) is 29.2 Å². The second-order valence-corrected chi connectivity index (χ2v) is 5.19. The molecule has 0 amide bonds. The minimum atomic E-state index is 0.289. The van der Waals surface area contributed by atoms with Crippen molar-refractivity contribution in [2.75, 3.05) is 18.9 Å². The van der Waals surface area contributed by atoms with Crippen LogP contribution < -0.4 is 15.2 Å². The lowest BCUT2D eigenvalue weighted by molar-refractivity contribution is 0.297. The van der Waals surface area contributed by atoms with Crippen LogP contribution in [0.4, 0.5) is 5.82 Å². The molecule has 0 atom stereocenters. The van der Waals surface area contributed by atoms with Gasteiger partial charge >= 0.3 is 0 Å². The Morgan fingerprint density at radius 1 is 1.20 bits per heavy atom. The molecule has 0 bridgehead atoms. The molecule has 5 heteroatoms. The standard InChI is InChI=1S/C15H19N3O2/c1-10(2)18-9-17-14(15(18)16)11-4-5-12-13(8-11)20-7-3-6-19-12/h4-5,8-10H,3,6-7,16H2,1-2H3. The predicted molar refractivity (Wildman–Crippen MR) is 78.1 cm³/mol. The van der Waals surface area contributed by atoms with Crippen LogP contribution in [0, 0.1) is 0 Å². The van der Waals surface area contributed by atoms with Crippen LogP contribution in [-0.2, 0) is 0 Å². The third-order valence-corrected chi connectivity index (χ3v) is 3.41. The number of anilines is 1. The third-order valence-electron chi connectivity index (χ3n) is 3.41. The van der Waals surface area contributed by atoms with E-state index in [1.54, 1.807) is 6.33 Å². The minimum Gasteiger partial charge on any atom is -0.490 e. The average molecular weight is 273 g/mol. The highest BCUT2D eigenvalue weighted by Gasteiger charge is 2.16. The Kier molecular flexibility index (Phi) is 3.26. The van der Waals surface area contributed by atoms with Crippen molar-refractivity contribution in [3.05, 3.63) is 24.5 Å². The normalized spacial score (nSPS) is 14.3. The number of nitrogens with zero attached hydrogens (tertiary/aromatic N) is 2. The van der Waals surface area contributed by atoms with E-state index in [4.69, 9.17) is 15.2 Å². The molecule has 1 aromatic heterocycles. The zero-order chi connectivity index (χ0) is 14.1. The van der Waals surface area contributed by atoms with Crippen molar-refractivity contribution in [3.63, 3.8) is 0 Å². The van der Waals surface area contributed by atoms with Gasteiger partial charge in [0.15, 0.2) is 11.5 Å². The van der Waals surface area contributed by atoms with E-state index in [0.29, 0.717) is 19.0 Å². The first-order valence-corrected chi connectivity index (χ1v) is 6.89. The zero-order valence-electron chi connectivity index (χ0n) is 11.8. The van der Waals surface area contributed by atoms with E-state index >= 15 is 0 Å². The summed E-state index contributed by atoms with van der Waals surface area (Å²) in [6, 6.07) is 6.13. The van der Waals surface area contributed by atoms with Crippen molar-refractivity contribution in [2.45, 2.75) is 26.3 Å². The Balaban J connectivity index is 2.00. The number of hydrogen-bond donors (Lipinski definition) is 1. The molecule has 1 aliphatic heterocycles. The Bertz CT molecular complexity index is 620. The van der Waals surface area contributed by atoms with Crippen LogP contribution in [0.1, 0.15) is 26.3 Å². The molecule has 0 aliphatic carbocycles. The van der Waals surface area contributed by atoms with E-state index in [1.807, 2.05) is 22.8 Å². The smallest absolute Gasteiger partial charge is 0.161 e. The van der Waals surface area contributed by atoms with Crippen LogP contribution >= 0.6 is 0 Å². The molecule has 2 heterocycles. The number of imidazole rings is 1. The lowest BCUT2D eigenvalue weighted by Gasteiger charge is -2.10. The molecule has 0 fully saturated rings.